The Bertz CT molecular complexity index is 382. The standard InChI is InChI=1S/C6H13N/c1-6-4-2-3-5-7-6/h6-7H,2-5H2,1H3/i1D3,2D2,3D2,4D2,5D2,6D. The molecule has 0 amide bonds. The third kappa shape index (κ3) is 1.48. The molecular weight excluding hydrogens is 86.1 g/mol. The van der Waals surface area contributed by atoms with Gasteiger partial charge in [-0.3, -0.25) is 0 Å². The van der Waals surface area contributed by atoms with Crippen LogP contribution in [0.3, 0.4) is 0 Å². The Hall–Kier alpha value is -0.0400. The molecule has 1 nitrogen and oxygen atoms in total. The van der Waals surface area contributed by atoms with Crippen molar-refractivity contribution in [3.8, 4) is 0 Å². The Labute approximate surface area is 62.0 Å². The molecule has 0 radical (unpaired) electrons. The van der Waals surface area contributed by atoms with Crippen molar-refractivity contribution in [2.45, 2.75) is 32.0 Å². The summed E-state index contributed by atoms with van der Waals surface area (Å²) in [5, 5.41) is 1.49. The molecule has 1 aliphatic heterocycles. The molecule has 0 aromatic heterocycles. The Morgan fingerprint density at radius 3 is 3.86 bits per heavy atom. The molecule has 1 N–H and O–H groups in total. The molecule has 0 aromatic rings. The summed E-state index contributed by atoms with van der Waals surface area (Å²) in [6.07, 6.45) is -10.4. The first-order valence-electron chi connectivity index (χ1n) is 7.75. The van der Waals surface area contributed by atoms with E-state index in [9.17, 15) is 0 Å². The molecule has 1 fully saturated rings. The first-order chi connectivity index (χ1) is 7.96. The second kappa shape index (κ2) is 2.31. The van der Waals surface area contributed by atoms with E-state index in [2.05, 4.69) is 0 Å². The highest BCUT2D eigenvalue weighted by Crippen LogP contribution is 2.04. The van der Waals surface area contributed by atoms with Crippen LogP contribution in [0.25, 0.3) is 0 Å². The van der Waals surface area contributed by atoms with Gasteiger partial charge in [-0.05, 0) is 26.1 Å². The van der Waals surface area contributed by atoms with Gasteiger partial charge in [-0.1, -0.05) is 6.37 Å². The Morgan fingerprint density at radius 2 is 3.00 bits per heavy atom. The van der Waals surface area contributed by atoms with Crippen LogP contribution < -0.4 is 5.32 Å². The summed E-state index contributed by atoms with van der Waals surface area (Å²) in [6.45, 7) is -6.62. The quantitative estimate of drug-likeness (QED) is 0.494. The zero-order chi connectivity index (χ0) is 15.7. The van der Waals surface area contributed by atoms with Gasteiger partial charge in [-0.25, -0.2) is 0 Å². The third-order valence-corrected chi connectivity index (χ3v) is 0.500. The number of hydrogen-bond acceptors (Lipinski definition) is 1. The van der Waals surface area contributed by atoms with Crippen molar-refractivity contribution in [2.75, 3.05) is 6.50 Å². The van der Waals surface area contributed by atoms with Gasteiger partial charge in [-0.15, -0.1) is 0 Å². The smallest absolute Gasteiger partial charge is 0.0462 e. The lowest BCUT2D eigenvalue weighted by molar-refractivity contribution is 0.425. The lowest BCUT2D eigenvalue weighted by Gasteiger charge is -2.18. The van der Waals surface area contributed by atoms with E-state index in [1.54, 1.807) is 0 Å². The van der Waals surface area contributed by atoms with Crippen LogP contribution in [-0.4, -0.2) is 12.5 Å². The normalized spacial score (nSPS) is 99.4. The maximum atomic E-state index is 7.67. The van der Waals surface area contributed by atoms with Crippen LogP contribution in [0.2, 0.25) is 0 Å². The molecule has 0 spiro atoms. The largest absolute Gasteiger partial charge is 0.314 e. The van der Waals surface area contributed by atoms with Gasteiger partial charge in [-0.2, -0.15) is 0 Å². The highest BCUT2D eigenvalue weighted by molar-refractivity contribution is 4.65. The lowest BCUT2D eigenvalue weighted by atomic mass is 10.1. The van der Waals surface area contributed by atoms with Gasteiger partial charge in [0.2, 0.25) is 0 Å². The summed E-state index contributed by atoms with van der Waals surface area (Å²) in [5.41, 5.74) is 0. The van der Waals surface area contributed by atoms with Gasteiger partial charge in [0, 0.05) is 22.5 Å². The zero-order valence-corrected chi connectivity index (χ0v) is 3.50. The average molecular weight is 111 g/mol. The highest BCUT2D eigenvalue weighted by Gasteiger charge is 2.04. The van der Waals surface area contributed by atoms with Gasteiger partial charge in [0.1, 0.15) is 0 Å². The predicted octanol–water partition coefficient (Wildman–Crippen LogP) is 1.15. The van der Waals surface area contributed by atoms with E-state index in [1.807, 2.05) is 0 Å². The summed E-state index contributed by atoms with van der Waals surface area (Å²) in [4.78, 5) is 0. The van der Waals surface area contributed by atoms with Gasteiger partial charge in [0.15, 0.2) is 0 Å². The van der Waals surface area contributed by atoms with E-state index >= 15 is 0 Å². The van der Waals surface area contributed by atoms with E-state index in [-0.39, 0.29) is 0 Å². The van der Waals surface area contributed by atoms with E-state index in [4.69, 9.17) is 16.4 Å². The van der Waals surface area contributed by atoms with Crippen molar-refractivity contribution >= 4 is 0 Å². The van der Waals surface area contributed by atoms with E-state index in [0.29, 0.717) is 0 Å². The first-order valence-corrected chi connectivity index (χ1v) is 1.75. The van der Waals surface area contributed by atoms with Crippen LogP contribution in [0, 0.1) is 0 Å². The van der Waals surface area contributed by atoms with Crippen LogP contribution in [0.15, 0.2) is 0 Å². The average Bonchev–Trinajstić information content (AvgIpc) is 2.12. The van der Waals surface area contributed by atoms with Crippen LogP contribution in [0.1, 0.15) is 42.4 Å². The van der Waals surface area contributed by atoms with Crippen molar-refractivity contribution in [1.82, 2.24) is 5.32 Å². The van der Waals surface area contributed by atoms with E-state index in [0.717, 1.165) is 0 Å². The first kappa shape index (κ1) is 0.688. The minimum Gasteiger partial charge on any atom is -0.314 e. The van der Waals surface area contributed by atoms with Crippen molar-refractivity contribution in [2.24, 2.45) is 0 Å². The molecule has 1 heteroatoms. The highest BCUT2D eigenvalue weighted by atomic mass is 14.9. The zero-order valence-electron chi connectivity index (χ0n) is 15.5. The van der Waals surface area contributed by atoms with E-state index in [1.165, 1.54) is 5.32 Å². The topological polar surface area (TPSA) is 12.0 Å². The number of nitrogens with one attached hydrogen (secondary N) is 1. The van der Waals surface area contributed by atoms with Crippen molar-refractivity contribution < 1.29 is 16.4 Å². The Kier molecular flexibility index (Phi) is 0.227. The van der Waals surface area contributed by atoms with Gasteiger partial charge in [0.05, 0.1) is 0 Å². The van der Waals surface area contributed by atoms with Crippen LogP contribution in [-0.2, 0) is 0 Å². The maximum Gasteiger partial charge on any atom is 0.0462 e. The Balaban J connectivity index is 3.60. The monoisotopic (exact) mass is 111 g/mol. The van der Waals surface area contributed by atoms with Gasteiger partial charge in [0.25, 0.3) is 0 Å². The minimum absolute atomic E-state index is 1.49. The molecule has 42 valence electrons. The third-order valence-electron chi connectivity index (χ3n) is 0.500. The molecule has 1 rings (SSSR count). The minimum atomic E-state index is -3.52. The van der Waals surface area contributed by atoms with Gasteiger partial charge < -0.3 is 5.32 Å². The molecule has 0 saturated carbocycles. The molecule has 1 atom stereocenters. The molecular formula is C6H13N. The fourth-order valence-corrected chi connectivity index (χ4v) is 0.250. The van der Waals surface area contributed by atoms with Crippen LogP contribution in [0.4, 0.5) is 0 Å². The Morgan fingerprint density at radius 1 is 2.00 bits per heavy atom. The number of hydrogen-bond donors (Lipinski definition) is 1. The van der Waals surface area contributed by atoms with Crippen LogP contribution >= 0.6 is 0 Å². The summed E-state index contributed by atoms with van der Waals surface area (Å²) in [7, 11) is 0. The van der Waals surface area contributed by atoms with Gasteiger partial charge >= 0.3 is 0 Å². The van der Waals surface area contributed by atoms with Crippen molar-refractivity contribution in [3.63, 3.8) is 0 Å². The van der Waals surface area contributed by atoms with Crippen LogP contribution in [0.5, 0.6) is 0 Å². The van der Waals surface area contributed by atoms with Crippen molar-refractivity contribution in [1.29, 1.82) is 0 Å². The molecule has 0 aromatic carbocycles. The predicted molar refractivity (Wildman–Crippen MR) is 31.3 cm³/mol. The van der Waals surface area contributed by atoms with Crippen molar-refractivity contribution in [3.05, 3.63) is 0 Å². The number of piperidine rings is 1. The number of rotatable bonds is 0. The summed E-state index contributed by atoms with van der Waals surface area (Å²) in [5.74, 6) is 0. The fourth-order valence-electron chi connectivity index (χ4n) is 0.250. The second-order valence-electron chi connectivity index (χ2n) is 1.00. The summed E-state index contributed by atoms with van der Waals surface area (Å²) >= 11 is 0. The fraction of sp³-hybridized carbons (Fsp3) is 1.00. The second-order valence-corrected chi connectivity index (χ2v) is 1.00. The molecule has 7 heavy (non-hydrogen) atoms. The molecule has 0 aliphatic carbocycles. The summed E-state index contributed by atoms with van der Waals surface area (Å²) < 4.78 is 88.8. The summed E-state index contributed by atoms with van der Waals surface area (Å²) in [6, 6.07) is -3.32. The SMILES string of the molecule is [2H]C([2H])([2H])C1([2H])NC([2H])([2H])C([2H])([2H])C([2H])([2H])C1([2H])[2H]. The lowest BCUT2D eigenvalue weighted by Crippen LogP contribution is -2.30. The van der Waals surface area contributed by atoms with E-state index < -0.39 is 38.5 Å². The molecule has 1 saturated heterocycles. The molecule has 1 heterocycles. The molecule has 1 unspecified atom stereocenters. The molecule has 1 aliphatic rings. The molecule has 0 bridgehead atoms. The maximum absolute atomic E-state index is 7.67.